The van der Waals surface area contributed by atoms with Crippen LogP contribution in [0.5, 0.6) is 5.75 Å². The van der Waals surface area contributed by atoms with Crippen molar-refractivity contribution in [1.82, 2.24) is 25.1 Å². The van der Waals surface area contributed by atoms with Crippen LogP contribution >= 0.6 is 22.7 Å². The van der Waals surface area contributed by atoms with Crippen molar-refractivity contribution in [3.05, 3.63) is 42.2 Å². The molecule has 2 N–H and O–H groups in total. The van der Waals surface area contributed by atoms with Crippen LogP contribution < -0.4 is 20.3 Å². The molecule has 3 aromatic heterocycles. The minimum atomic E-state index is -4.80. The first-order chi connectivity index (χ1) is 16.8. The summed E-state index contributed by atoms with van der Waals surface area (Å²) in [6.45, 7) is 1.54. The van der Waals surface area contributed by atoms with Gasteiger partial charge in [0.05, 0.1) is 6.42 Å². The van der Waals surface area contributed by atoms with Gasteiger partial charge in [0.25, 0.3) is 0 Å². The highest BCUT2D eigenvalue weighted by Gasteiger charge is 2.31. The zero-order chi connectivity index (χ0) is 24.4. The summed E-state index contributed by atoms with van der Waals surface area (Å²) in [5, 5.41) is 15.7. The summed E-state index contributed by atoms with van der Waals surface area (Å²) in [6.07, 6.45) is -0.805. The van der Waals surface area contributed by atoms with E-state index in [1.165, 1.54) is 40.9 Å². The summed E-state index contributed by atoms with van der Waals surface area (Å²) in [7, 11) is 0. The van der Waals surface area contributed by atoms with Gasteiger partial charge in [0, 0.05) is 31.5 Å². The third-order valence-electron chi connectivity index (χ3n) is 4.99. The molecule has 5 rings (SSSR count). The van der Waals surface area contributed by atoms with Crippen LogP contribution in [0.25, 0.3) is 10.5 Å². The lowest BCUT2D eigenvalue weighted by Gasteiger charge is -2.14. The molecule has 0 radical (unpaired) electrons. The van der Waals surface area contributed by atoms with Gasteiger partial charge in [-0.1, -0.05) is 34.8 Å². The first kappa shape index (κ1) is 23.2. The Morgan fingerprint density at radius 2 is 2.00 bits per heavy atom. The Morgan fingerprint density at radius 1 is 1.17 bits per heavy atom. The molecular formula is C20H17F3N8O2S2. The molecule has 4 heterocycles. The van der Waals surface area contributed by atoms with E-state index in [0.717, 1.165) is 29.5 Å². The molecule has 1 aromatic carbocycles. The van der Waals surface area contributed by atoms with Crippen molar-refractivity contribution in [2.45, 2.75) is 25.2 Å². The lowest BCUT2D eigenvalue weighted by Crippen LogP contribution is -2.25. The molecule has 1 unspecified atom stereocenters. The molecular weight excluding hydrogens is 505 g/mol. The van der Waals surface area contributed by atoms with Crippen molar-refractivity contribution >= 4 is 54.5 Å². The van der Waals surface area contributed by atoms with E-state index >= 15 is 0 Å². The van der Waals surface area contributed by atoms with E-state index in [2.05, 4.69) is 45.4 Å². The number of amides is 1. The molecule has 182 valence electrons. The molecule has 4 aromatic rings. The predicted octanol–water partition coefficient (Wildman–Crippen LogP) is 3.71. The maximum Gasteiger partial charge on any atom is 0.573 e. The predicted molar refractivity (Wildman–Crippen MR) is 125 cm³/mol. The fourth-order valence-electron chi connectivity index (χ4n) is 3.56. The summed E-state index contributed by atoms with van der Waals surface area (Å²) in [4.78, 5) is 28.3. The first-order valence-corrected chi connectivity index (χ1v) is 12.0. The van der Waals surface area contributed by atoms with Gasteiger partial charge < -0.3 is 20.3 Å². The molecule has 0 saturated carbocycles. The van der Waals surface area contributed by atoms with Crippen molar-refractivity contribution in [3.63, 3.8) is 0 Å². The van der Waals surface area contributed by atoms with Gasteiger partial charge in [0.2, 0.25) is 16.2 Å². The number of carbonyl (C=O) groups excluding carboxylic acids is 1. The Labute approximate surface area is 204 Å². The second kappa shape index (κ2) is 9.58. The molecule has 35 heavy (non-hydrogen) atoms. The molecule has 1 aliphatic rings. The number of thiazole rings is 1. The van der Waals surface area contributed by atoms with Crippen molar-refractivity contribution in [2.24, 2.45) is 0 Å². The van der Waals surface area contributed by atoms with Gasteiger partial charge in [0.15, 0.2) is 15.6 Å². The monoisotopic (exact) mass is 522 g/mol. The molecule has 1 amide bonds. The van der Waals surface area contributed by atoms with Gasteiger partial charge in [-0.3, -0.25) is 4.79 Å². The van der Waals surface area contributed by atoms with Crippen LogP contribution in [0.2, 0.25) is 0 Å². The average molecular weight is 523 g/mol. The molecule has 15 heteroatoms. The van der Waals surface area contributed by atoms with Crippen molar-refractivity contribution in [2.75, 3.05) is 28.6 Å². The lowest BCUT2D eigenvalue weighted by molar-refractivity contribution is -0.274. The SMILES string of the molecule is O=C(Cc1cccc(OC(F)(F)F)c1)Nc1nnc(NC2CCN(c3nc4nccnc4s3)C2)s1. The van der Waals surface area contributed by atoms with Crippen LogP contribution in [-0.2, 0) is 11.2 Å². The van der Waals surface area contributed by atoms with Crippen LogP contribution in [0.3, 0.4) is 0 Å². The normalized spacial score (nSPS) is 16.0. The maximum atomic E-state index is 12.4. The van der Waals surface area contributed by atoms with Gasteiger partial charge in [-0.15, -0.1) is 23.4 Å². The van der Waals surface area contributed by atoms with Crippen molar-refractivity contribution in [1.29, 1.82) is 0 Å². The molecule has 0 bridgehead atoms. The molecule has 0 spiro atoms. The summed E-state index contributed by atoms with van der Waals surface area (Å²) in [6, 6.07) is 5.40. The molecule has 0 aliphatic carbocycles. The standard InChI is InChI=1S/C20H17F3N8O2S2/c21-20(22,23)33-13-3-1-2-11(8-13)9-14(32)27-18-30-29-17(35-18)26-12-4-7-31(10-12)19-28-15-16(34-19)25-6-5-24-15/h1-3,5-6,8,12H,4,7,9-10H2,(H,26,29)(H,27,30,32). The topological polar surface area (TPSA) is 118 Å². The average Bonchev–Trinajstić information content (AvgIpc) is 3.52. The van der Waals surface area contributed by atoms with E-state index in [0.29, 0.717) is 21.5 Å². The van der Waals surface area contributed by atoms with Gasteiger partial charge in [-0.25, -0.2) is 9.97 Å². The fraction of sp³-hybridized carbons (Fsp3) is 0.300. The summed E-state index contributed by atoms with van der Waals surface area (Å²) in [5.74, 6) is -0.809. The number of carbonyl (C=O) groups is 1. The van der Waals surface area contributed by atoms with Crippen LogP contribution in [0.15, 0.2) is 36.7 Å². The van der Waals surface area contributed by atoms with Gasteiger partial charge >= 0.3 is 6.36 Å². The molecule has 1 atom stereocenters. The number of nitrogens with one attached hydrogen (secondary N) is 2. The number of anilines is 3. The van der Waals surface area contributed by atoms with E-state index in [4.69, 9.17) is 0 Å². The minimum Gasteiger partial charge on any atom is -0.406 e. The quantitative estimate of drug-likeness (QED) is 0.374. The Morgan fingerprint density at radius 3 is 2.83 bits per heavy atom. The highest BCUT2D eigenvalue weighted by molar-refractivity contribution is 7.21. The van der Waals surface area contributed by atoms with E-state index in [1.54, 1.807) is 18.5 Å². The Kier molecular flexibility index (Phi) is 6.34. The third kappa shape index (κ3) is 5.92. The number of hydrogen-bond donors (Lipinski definition) is 2. The number of nitrogens with zero attached hydrogens (tertiary/aromatic N) is 6. The van der Waals surface area contributed by atoms with Crippen LogP contribution in [0.1, 0.15) is 12.0 Å². The lowest BCUT2D eigenvalue weighted by atomic mass is 10.1. The number of fused-ring (bicyclic) bond motifs is 1. The summed E-state index contributed by atoms with van der Waals surface area (Å²) < 4.78 is 41.1. The van der Waals surface area contributed by atoms with Gasteiger partial charge in [0.1, 0.15) is 5.75 Å². The number of hydrogen-bond acceptors (Lipinski definition) is 11. The Bertz CT molecular complexity index is 1310. The van der Waals surface area contributed by atoms with Crippen LogP contribution in [0, 0.1) is 0 Å². The molecule has 1 fully saturated rings. The van der Waals surface area contributed by atoms with Gasteiger partial charge in [-0.2, -0.15) is 4.98 Å². The van der Waals surface area contributed by atoms with E-state index in [1.807, 2.05) is 0 Å². The minimum absolute atomic E-state index is 0.121. The number of ether oxygens (including phenoxy) is 1. The maximum absolute atomic E-state index is 12.4. The second-order valence-electron chi connectivity index (χ2n) is 7.59. The molecule has 1 aliphatic heterocycles. The highest BCUT2D eigenvalue weighted by Crippen LogP contribution is 2.30. The second-order valence-corrected chi connectivity index (χ2v) is 9.52. The summed E-state index contributed by atoms with van der Waals surface area (Å²) in [5.41, 5.74) is 1.01. The first-order valence-electron chi connectivity index (χ1n) is 10.4. The van der Waals surface area contributed by atoms with Crippen molar-refractivity contribution < 1.29 is 22.7 Å². The number of rotatable bonds is 7. The third-order valence-corrected chi connectivity index (χ3v) is 6.77. The zero-order valence-electron chi connectivity index (χ0n) is 17.8. The number of aromatic nitrogens is 5. The highest BCUT2D eigenvalue weighted by atomic mass is 32.1. The number of halogens is 3. The van der Waals surface area contributed by atoms with Crippen molar-refractivity contribution in [3.8, 4) is 5.75 Å². The fourth-order valence-corrected chi connectivity index (χ4v) is 5.20. The Balaban J connectivity index is 1.13. The Hall–Kier alpha value is -3.59. The van der Waals surface area contributed by atoms with Gasteiger partial charge in [-0.05, 0) is 24.1 Å². The zero-order valence-corrected chi connectivity index (χ0v) is 19.5. The van der Waals surface area contributed by atoms with E-state index in [9.17, 15) is 18.0 Å². The van der Waals surface area contributed by atoms with E-state index in [-0.39, 0.29) is 18.2 Å². The smallest absolute Gasteiger partial charge is 0.406 e. The van der Waals surface area contributed by atoms with E-state index < -0.39 is 12.3 Å². The molecule has 1 saturated heterocycles. The number of alkyl halides is 3. The summed E-state index contributed by atoms with van der Waals surface area (Å²) >= 11 is 2.68. The van der Waals surface area contributed by atoms with Crippen LogP contribution in [-0.4, -0.2) is 56.6 Å². The van der Waals surface area contributed by atoms with Crippen LogP contribution in [0.4, 0.5) is 28.6 Å². The largest absolute Gasteiger partial charge is 0.573 e. The molecule has 10 nitrogen and oxygen atoms in total. The number of benzene rings is 1.